The lowest BCUT2D eigenvalue weighted by Gasteiger charge is -2.24. The van der Waals surface area contributed by atoms with Gasteiger partial charge in [0, 0.05) is 19.2 Å². The lowest BCUT2D eigenvalue weighted by atomic mass is 10.1. The Hall–Kier alpha value is -3.35. The van der Waals surface area contributed by atoms with Crippen molar-refractivity contribution in [2.45, 2.75) is 17.5 Å². The van der Waals surface area contributed by atoms with Gasteiger partial charge in [0.1, 0.15) is 25.2 Å². The molecule has 0 spiro atoms. The topological polar surface area (TPSA) is 132 Å². The minimum Gasteiger partial charge on any atom is -0.497 e. The second kappa shape index (κ2) is 10.9. The van der Waals surface area contributed by atoms with Crippen molar-refractivity contribution in [2.75, 3.05) is 46.6 Å². The molecule has 0 radical (unpaired) electrons. The number of carbonyl (C=O) groups excluding carboxylic acids is 2. The molecule has 0 saturated carbocycles. The Morgan fingerprint density at radius 3 is 2.46 bits per heavy atom. The number of hydrogen-bond donors (Lipinski definition) is 2. The van der Waals surface area contributed by atoms with Crippen LogP contribution in [0.2, 0.25) is 0 Å². The first-order valence-electron chi connectivity index (χ1n) is 11.1. The molecule has 2 heterocycles. The highest BCUT2D eigenvalue weighted by molar-refractivity contribution is 7.89. The van der Waals surface area contributed by atoms with Crippen LogP contribution in [0.3, 0.4) is 0 Å². The Kier molecular flexibility index (Phi) is 7.73. The predicted molar refractivity (Wildman–Crippen MR) is 124 cm³/mol. The van der Waals surface area contributed by atoms with Crippen LogP contribution in [0, 0.1) is 0 Å². The van der Waals surface area contributed by atoms with Crippen molar-refractivity contribution >= 4 is 21.8 Å². The van der Waals surface area contributed by atoms with Crippen LogP contribution >= 0.6 is 0 Å². The Balaban J connectivity index is 1.29. The molecule has 0 aliphatic carbocycles. The summed E-state index contributed by atoms with van der Waals surface area (Å²) in [5.41, 5.74) is 0.978. The van der Waals surface area contributed by atoms with E-state index in [9.17, 15) is 18.0 Å². The zero-order chi connectivity index (χ0) is 24.8. The van der Waals surface area contributed by atoms with Crippen molar-refractivity contribution in [3.05, 3.63) is 48.0 Å². The number of ether oxygens (including phenoxy) is 4. The van der Waals surface area contributed by atoms with Crippen molar-refractivity contribution in [2.24, 2.45) is 0 Å². The van der Waals surface area contributed by atoms with Crippen LogP contribution in [-0.2, 0) is 30.8 Å². The number of nitrogens with zero attached hydrogens (tertiary/aromatic N) is 1. The molecule has 4 rings (SSSR count). The van der Waals surface area contributed by atoms with E-state index in [1.54, 1.807) is 13.2 Å². The maximum Gasteiger partial charge on any atom is 0.309 e. The maximum absolute atomic E-state index is 13.2. The number of benzene rings is 2. The van der Waals surface area contributed by atoms with E-state index in [0.29, 0.717) is 31.1 Å². The molecule has 1 saturated heterocycles. The number of nitrogens with one attached hydrogen (secondary N) is 2. The van der Waals surface area contributed by atoms with Gasteiger partial charge in [-0.05, 0) is 36.2 Å². The lowest BCUT2D eigenvalue weighted by molar-refractivity contribution is -0.139. The van der Waals surface area contributed by atoms with Gasteiger partial charge in [-0.3, -0.25) is 9.59 Å². The van der Waals surface area contributed by atoms with Gasteiger partial charge in [0.25, 0.3) is 0 Å². The summed E-state index contributed by atoms with van der Waals surface area (Å²) in [6.07, 6.45) is -0.403. The molecular formula is C23H27N3O8S. The van der Waals surface area contributed by atoms with Gasteiger partial charge < -0.3 is 29.6 Å². The summed E-state index contributed by atoms with van der Waals surface area (Å²) in [6, 6.07) is 11.8. The maximum atomic E-state index is 13.2. The van der Waals surface area contributed by atoms with E-state index in [1.807, 2.05) is 24.3 Å². The smallest absolute Gasteiger partial charge is 0.309 e. The summed E-state index contributed by atoms with van der Waals surface area (Å²) in [5.74, 6) is -0.107. The number of sulfonamides is 1. The minimum atomic E-state index is -3.93. The van der Waals surface area contributed by atoms with Gasteiger partial charge in [-0.1, -0.05) is 12.1 Å². The Bertz CT molecular complexity index is 1170. The zero-order valence-electron chi connectivity index (χ0n) is 19.2. The molecule has 188 valence electrons. The van der Waals surface area contributed by atoms with E-state index in [1.165, 1.54) is 12.1 Å². The van der Waals surface area contributed by atoms with Crippen LogP contribution in [0.15, 0.2) is 47.4 Å². The normalized spacial score (nSPS) is 17.6. The van der Waals surface area contributed by atoms with E-state index < -0.39 is 28.1 Å². The minimum absolute atomic E-state index is 0.0276. The highest BCUT2D eigenvalue weighted by Gasteiger charge is 2.37. The van der Waals surface area contributed by atoms with Crippen LogP contribution in [-0.4, -0.2) is 77.3 Å². The highest BCUT2D eigenvalue weighted by atomic mass is 32.2. The van der Waals surface area contributed by atoms with E-state index >= 15 is 0 Å². The summed E-state index contributed by atoms with van der Waals surface area (Å²) in [4.78, 5) is 24.4. The molecule has 35 heavy (non-hydrogen) atoms. The Morgan fingerprint density at radius 2 is 1.71 bits per heavy atom. The molecule has 2 aromatic rings. The van der Waals surface area contributed by atoms with Crippen molar-refractivity contribution in [1.29, 1.82) is 0 Å². The van der Waals surface area contributed by atoms with Crippen LogP contribution in [0.5, 0.6) is 17.2 Å². The van der Waals surface area contributed by atoms with Gasteiger partial charge in [0.15, 0.2) is 11.5 Å². The molecule has 2 aromatic carbocycles. The first-order valence-corrected chi connectivity index (χ1v) is 12.5. The van der Waals surface area contributed by atoms with Crippen molar-refractivity contribution < 1.29 is 37.0 Å². The van der Waals surface area contributed by atoms with Gasteiger partial charge in [-0.25, -0.2) is 8.42 Å². The van der Waals surface area contributed by atoms with E-state index in [2.05, 4.69) is 10.6 Å². The van der Waals surface area contributed by atoms with Crippen LogP contribution in [0.1, 0.15) is 5.56 Å². The summed E-state index contributed by atoms with van der Waals surface area (Å²) < 4.78 is 49.0. The fraction of sp³-hybridized carbons (Fsp3) is 0.391. The Labute approximate surface area is 203 Å². The first kappa shape index (κ1) is 24.8. The monoisotopic (exact) mass is 505 g/mol. The molecule has 12 heteroatoms. The molecule has 2 aliphatic rings. The molecule has 0 bridgehead atoms. The number of carbonyl (C=O) groups is 2. The molecule has 2 N–H and O–H groups in total. The van der Waals surface area contributed by atoms with Crippen LogP contribution in [0.4, 0.5) is 0 Å². The average Bonchev–Trinajstić information content (AvgIpc) is 3.37. The summed E-state index contributed by atoms with van der Waals surface area (Å²) in [7, 11) is -2.35. The highest BCUT2D eigenvalue weighted by Crippen LogP contribution is 2.34. The van der Waals surface area contributed by atoms with Crippen LogP contribution in [0.25, 0.3) is 0 Å². The van der Waals surface area contributed by atoms with Gasteiger partial charge in [-0.15, -0.1) is 0 Å². The fourth-order valence-electron chi connectivity index (χ4n) is 3.71. The Morgan fingerprint density at radius 1 is 1.00 bits per heavy atom. The number of methoxy groups -OCH3 is 1. The molecule has 0 aromatic heterocycles. The first-order chi connectivity index (χ1) is 16.9. The summed E-state index contributed by atoms with van der Waals surface area (Å²) >= 11 is 0. The standard InChI is InChI=1S/C23H27N3O8S/c1-31-17-4-2-16(3-5-17)8-9-24-22(27)23(28)25-15-21-26(10-11-34-21)35(29,30)18-6-7-19-20(14-18)33-13-12-32-19/h2-7,14,21H,8-13,15H2,1H3,(H,24,27)(H,25,28)/t21-/m1/s1. The van der Waals surface area contributed by atoms with Crippen molar-refractivity contribution in [1.82, 2.24) is 14.9 Å². The van der Waals surface area contributed by atoms with Gasteiger partial charge in [-0.2, -0.15) is 4.31 Å². The lowest BCUT2D eigenvalue weighted by Crippen LogP contribution is -2.47. The largest absolute Gasteiger partial charge is 0.497 e. The van der Waals surface area contributed by atoms with E-state index in [4.69, 9.17) is 18.9 Å². The molecule has 2 aliphatic heterocycles. The molecule has 0 unspecified atom stereocenters. The number of fused-ring (bicyclic) bond motifs is 1. The number of hydrogen-bond acceptors (Lipinski definition) is 8. The summed E-state index contributed by atoms with van der Waals surface area (Å²) in [6.45, 7) is 1.11. The SMILES string of the molecule is COc1ccc(CCNC(=O)C(=O)NC[C@H]2OCCN2S(=O)(=O)c2ccc3c(c2)OCCO3)cc1. The molecule has 1 atom stereocenters. The second-order valence-electron chi connectivity index (χ2n) is 7.81. The van der Waals surface area contributed by atoms with Crippen LogP contribution < -0.4 is 24.8 Å². The summed E-state index contributed by atoms with van der Waals surface area (Å²) in [5, 5.41) is 5.00. The third-order valence-corrected chi connectivity index (χ3v) is 7.45. The molecule has 1 fully saturated rings. The number of amides is 2. The average molecular weight is 506 g/mol. The molecule has 2 amide bonds. The quantitative estimate of drug-likeness (QED) is 0.489. The molecule has 11 nitrogen and oxygen atoms in total. The van der Waals surface area contributed by atoms with Gasteiger partial charge in [0.2, 0.25) is 10.0 Å². The number of rotatable bonds is 8. The van der Waals surface area contributed by atoms with Gasteiger partial charge in [0.05, 0.1) is 25.2 Å². The van der Waals surface area contributed by atoms with Gasteiger partial charge >= 0.3 is 11.8 Å². The van der Waals surface area contributed by atoms with E-state index in [-0.39, 0.29) is 31.1 Å². The van der Waals surface area contributed by atoms with Crippen molar-refractivity contribution in [3.8, 4) is 17.2 Å². The fourth-order valence-corrected chi connectivity index (χ4v) is 5.24. The zero-order valence-corrected chi connectivity index (χ0v) is 20.0. The van der Waals surface area contributed by atoms with Crippen molar-refractivity contribution in [3.63, 3.8) is 0 Å². The third-order valence-electron chi connectivity index (χ3n) is 5.57. The van der Waals surface area contributed by atoms with E-state index in [0.717, 1.165) is 15.6 Å². The second-order valence-corrected chi connectivity index (χ2v) is 9.70. The predicted octanol–water partition coefficient (Wildman–Crippen LogP) is 0.289. The molecular weight excluding hydrogens is 478 g/mol. The third kappa shape index (κ3) is 5.84.